The predicted octanol–water partition coefficient (Wildman–Crippen LogP) is 2.63. The summed E-state index contributed by atoms with van der Waals surface area (Å²) in [6, 6.07) is 0. The van der Waals surface area contributed by atoms with Gasteiger partial charge in [0.2, 0.25) is 5.91 Å². The van der Waals surface area contributed by atoms with Gasteiger partial charge in [0.05, 0.1) is 17.3 Å². The highest BCUT2D eigenvalue weighted by Gasteiger charge is 2.13. The van der Waals surface area contributed by atoms with Gasteiger partial charge in [-0.1, -0.05) is 0 Å². The minimum Gasteiger partial charge on any atom is -0.323 e. The number of carbonyl (C=O) groups excluding carboxylic acids is 1. The van der Waals surface area contributed by atoms with Gasteiger partial charge >= 0.3 is 0 Å². The predicted molar refractivity (Wildman–Crippen MR) is 94.9 cm³/mol. The summed E-state index contributed by atoms with van der Waals surface area (Å²) in [7, 11) is 0. The van der Waals surface area contributed by atoms with Gasteiger partial charge in [-0.15, -0.1) is 11.3 Å². The molecule has 1 amide bonds. The van der Waals surface area contributed by atoms with E-state index >= 15 is 0 Å². The third kappa shape index (κ3) is 3.96. The van der Waals surface area contributed by atoms with Gasteiger partial charge in [0.1, 0.15) is 17.2 Å². The van der Waals surface area contributed by atoms with Crippen LogP contribution >= 0.6 is 11.3 Å². The Morgan fingerprint density at radius 1 is 1.42 bits per heavy atom. The number of thiophene rings is 1. The Morgan fingerprint density at radius 3 is 2.92 bits per heavy atom. The fourth-order valence-corrected chi connectivity index (χ4v) is 3.59. The van der Waals surface area contributed by atoms with E-state index in [1.54, 1.807) is 0 Å². The third-order valence-corrected chi connectivity index (χ3v) is 5.02. The maximum atomic E-state index is 12.3. The van der Waals surface area contributed by atoms with Crippen LogP contribution in [0.25, 0.3) is 10.2 Å². The Morgan fingerprint density at radius 2 is 2.19 bits per heavy atom. The van der Waals surface area contributed by atoms with E-state index < -0.39 is 13.0 Å². The zero-order valence-corrected chi connectivity index (χ0v) is 15.0. The average Bonchev–Trinajstić information content (AvgIpc) is 3.09. The van der Waals surface area contributed by atoms with Crippen molar-refractivity contribution in [3.05, 3.63) is 39.0 Å². The van der Waals surface area contributed by atoms with E-state index in [1.807, 2.05) is 13.8 Å². The van der Waals surface area contributed by atoms with Crippen LogP contribution in [0.4, 0.5) is 14.5 Å². The maximum absolute atomic E-state index is 12.3. The molecular formula is C16H17F2N5O2S. The molecule has 0 atom stereocenters. The molecule has 10 heteroatoms. The number of carbonyl (C=O) groups is 1. The summed E-state index contributed by atoms with van der Waals surface area (Å²) in [4.78, 5) is 33.0. The lowest BCUT2D eigenvalue weighted by Crippen LogP contribution is -2.16. The number of rotatable bonds is 6. The monoisotopic (exact) mass is 381 g/mol. The van der Waals surface area contributed by atoms with E-state index in [1.165, 1.54) is 23.7 Å². The topological polar surface area (TPSA) is 92.7 Å². The quantitative estimate of drug-likeness (QED) is 0.687. The van der Waals surface area contributed by atoms with Crippen molar-refractivity contribution in [1.29, 1.82) is 0 Å². The highest BCUT2D eigenvalue weighted by atomic mass is 32.1. The number of nitrogens with zero attached hydrogens (tertiary/aromatic N) is 3. The van der Waals surface area contributed by atoms with E-state index in [9.17, 15) is 18.4 Å². The Bertz CT molecular complexity index is 1010. The molecule has 0 fully saturated rings. The summed E-state index contributed by atoms with van der Waals surface area (Å²) >= 11 is 1.45. The van der Waals surface area contributed by atoms with Crippen LogP contribution in [-0.2, 0) is 17.8 Å². The number of amides is 1. The van der Waals surface area contributed by atoms with Gasteiger partial charge < -0.3 is 10.3 Å². The second-order valence-corrected chi connectivity index (χ2v) is 7.07. The van der Waals surface area contributed by atoms with Crippen LogP contribution in [0.2, 0.25) is 0 Å². The summed E-state index contributed by atoms with van der Waals surface area (Å²) in [6.07, 6.45) is 0.494. The van der Waals surface area contributed by atoms with Gasteiger partial charge in [-0.2, -0.15) is 5.10 Å². The van der Waals surface area contributed by atoms with E-state index in [2.05, 4.69) is 20.4 Å². The molecule has 0 saturated carbocycles. The lowest BCUT2D eigenvalue weighted by Gasteiger charge is -2.03. The molecule has 138 valence electrons. The molecule has 3 heterocycles. The number of alkyl halides is 2. The number of fused-ring (bicyclic) bond motifs is 1. The van der Waals surface area contributed by atoms with Crippen molar-refractivity contribution in [3.8, 4) is 0 Å². The molecule has 7 nitrogen and oxygen atoms in total. The lowest BCUT2D eigenvalue weighted by molar-refractivity contribution is -0.116. The number of hydrogen-bond acceptors (Lipinski definition) is 5. The Kier molecular flexibility index (Phi) is 5.12. The van der Waals surface area contributed by atoms with Crippen molar-refractivity contribution in [2.24, 2.45) is 0 Å². The summed E-state index contributed by atoms with van der Waals surface area (Å²) in [5.41, 5.74) is 1.06. The van der Waals surface area contributed by atoms with Crippen LogP contribution in [0.1, 0.15) is 22.7 Å². The van der Waals surface area contributed by atoms with Crippen molar-refractivity contribution in [2.45, 2.75) is 39.7 Å². The number of aromatic nitrogens is 4. The number of anilines is 1. The second kappa shape index (κ2) is 7.32. The molecule has 0 aliphatic heterocycles. The Labute approximate surface area is 151 Å². The number of aromatic amines is 1. The largest absolute Gasteiger partial charge is 0.323 e. The van der Waals surface area contributed by atoms with Crippen molar-refractivity contribution in [1.82, 2.24) is 19.7 Å². The molecule has 0 saturated heterocycles. The molecule has 3 rings (SSSR count). The fourth-order valence-electron chi connectivity index (χ4n) is 2.54. The van der Waals surface area contributed by atoms with E-state index in [4.69, 9.17) is 0 Å². The van der Waals surface area contributed by atoms with Crippen molar-refractivity contribution in [2.75, 3.05) is 5.32 Å². The molecule has 0 aliphatic rings. The van der Waals surface area contributed by atoms with Crippen LogP contribution in [-0.4, -0.2) is 32.1 Å². The first-order valence-corrected chi connectivity index (χ1v) is 8.74. The standard InChI is InChI=1S/C16H17F2N5O2S/c1-8-9(2)26-16-14(8)15(25)21-12(22-16)3-4-13(24)20-10-5-19-23(6-10)7-11(17)18/h5-6,11H,3-4,7H2,1-2H3,(H,20,24)(H,21,22,25). The summed E-state index contributed by atoms with van der Waals surface area (Å²) in [5.74, 6) is 0.121. The number of aryl methyl sites for hydroxylation is 3. The summed E-state index contributed by atoms with van der Waals surface area (Å²) < 4.78 is 25.6. The normalized spacial score (nSPS) is 11.4. The van der Waals surface area contributed by atoms with Crippen LogP contribution in [0.3, 0.4) is 0 Å². The lowest BCUT2D eigenvalue weighted by atomic mass is 10.2. The molecule has 0 radical (unpaired) electrons. The van der Waals surface area contributed by atoms with Crippen LogP contribution in [0.5, 0.6) is 0 Å². The maximum Gasteiger partial charge on any atom is 0.259 e. The first kappa shape index (κ1) is 18.2. The fraction of sp³-hybridized carbons (Fsp3) is 0.375. The first-order chi connectivity index (χ1) is 12.3. The molecule has 0 aliphatic carbocycles. The molecule has 3 aromatic heterocycles. The SMILES string of the molecule is Cc1sc2nc(CCC(=O)Nc3cnn(CC(F)F)c3)[nH]c(=O)c2c1C. The number of nitrogens with one attached hydrogen (secondary N) is 2. The first-order valence-electron chi connectivity index (χ1n) is 7.93. The Balaban J connectivity index is 1.63. The number of H-pyrrole nitrogens is 1. The van der Waals surface area contributed by atoms with Crippen LogP contribution < -0.4 is 10.9 Å². The zero-order valence-electron chi connectivity index (χ0n) is 14.2. The van der Waals surface area contributed by atoms with E-state index in [0.717, 1.165) is 15.1 Å². The van der Waals surface area contributed by atoms with E-state index in [0.29, 0.717) is 21.7 Å². The third-order valence-electron chi connectivity index (χ3n) is 3.92. The minimum atomic E-state index is -2.51. The van der Waals surface area contributed by atoms with Gasteiger partial charge in [-0.3, -0.25) is 14.3 Å². The molecule has 0 unspecified atom stereocenters. The summed E-state index contributed by atoms with van der Waals surface area (Å²) in [6.45, 7) is 3.29. The van der Waals surface area contributed by atoms with Crippen LogP contribution in [0.15, 0.2) is 17.2 Å². The number of hydrogen-bond donors (Lipinski definition) is 2. The van der Waals surface area contributed by atoms with E-state index in [-0.39, 0.29) is 24.3 Å². The minimum absolute atomic E-state index is 0.0951. The number of halogens is 2. The molecule has 0 bridgehead atoms. The van der Waals surface area contributed by atoms with Gasteiger partial charge in [0, 0.05) is 23.9 Å². The summed E-state index contributed by atoms with van der Waals surface area (Å²) in [5, 5.41) is 6.92. The van der Waals surface area contributed by atoms with Crippen LogP contribution in [0, 0.1) is 13.8 Å². The molecular weight excluding hydrogens is 364 g/mol. The highest BCUT2D eigenvalue weighted by Crippen LogP contribution is 2.25. The Hall–Kier alpha value is -2.62. The molecule has 0 spiro atoms. The highest BCUT2D eigenvalue weighted by molar-refractivity contribution is 7.18. The van der Waals surface area contributed by atoms with Crippen molar-refractivity contribution < 1.29 is 13.6 Å². The van der Waals surface area contributed by atoms with Gasteiger partial charge in [0.25, 0.3) is 12.0 Å². The molecule has 3 aromatic rings. The molecule has 0 aromatic carbocycles. The van der Waals surface area contributed by atoms with Crippen molar-refractivity contribution >= 4 is 33.1 Å². The van der Waals surface area contributed by atoms with Gasteiger partial charge in [-0.25, -0.2) is 13.8 Å². The second-order valence-electron chi connectivity index (χ2n) is 5.87. The van der Waals surface area contributed by atoms with Gasteiger partial charge in [-0.05, 0) is 19.4 Å². The smallest absolute Gasteiger partial charge is 0.259 e. The molecule has 26 heavy (non-hydrogen) atoms. The van der Waals surface area contributed by atoms with Crippen molar-refractivity contribution in [3.63, 3.8) is 0 Å². The van der Waals surface area contributed by atoms with Gasteiger partial charge in [0.15, 0.2) is 0 Å². The molecule has 2 N–H and O–H groups in total. The average molecular weight is 381 g/mol. The zero-order chi connectivity index (χ0) is 18.8.